The van der Waals surface area contributed by atoms with Crippen LogP contribution in [0.1, 0.15) is 53.7 Å². The summed E-state index contributed by atoms with van der Waals surface area (Å²) in [5.41, 5.74) is 6.30. The van der Waals surface area contributed by atoms with Crippen molar-refractivity contribution in [3.05, 3.63) is 77.6 Å². The Morgan fingerprint density at radius 1 is 1.07 bits per heavy atom. The summed E-state index contributed by atoms with van der Waals surface area (Å²) >= 11 is 0. The van der Waals surface area contributed by atoms with E-state index in [9.17, 15) is 27.6 Å². The Bertz CT molecular complexity index is 1680. The number of amides is 3. The molecule has 3 amide bonds. The Kier molecular flexibility index (Phi) is 7.06. The lowest BCUT2D eigenvalue weighted by Crippen LogP contribution is -2.31. The van der Waals surface area contributed by atoms with Crippen LogP contribution in [0.3, 0.4) is 0 Å². The molecule has 41 heavy (non-hydrogen) atoms. The van der Waals surface area contributed by atoms with Gasteiger partial charge in [-0.3, -0.25) is 14.4 Å². The molecule has 0 aliphatic carbocycles. The van der Waals surface area contributed by atoms with Gasteiger partial charge in [-0.2, -0.15) is 13.2 Å². The van der Waals surface area contributed by atoms with Gasteiger partial charge in [0.25, 0.3) is 5.91 Å². The maximum Gasteiger partial charge on any atom is 0.433 e. The Hall–Kier alpha value is -4.67. The maximum absolute atomic E-state index is 13.8. The number of carbonyl (C=O) groups is 3. The third-order valence-electron chi connectivity index (χ3n) is 7.34. The van der Waals surface area contributed by atoms with Crippen LogP contribution in [0.2, 0.25) is 0 Å². The molecule has 2 atom stereocenters. The number of nitrogens with zero attached hydrogens (tertiary/aromatic N) is 3. The second-order valence-corrected chi connectivity index (χ2v) is 10.2. The molecule has 11 heteroatoms. The quantitative estimate of drug-likeness (QED) is 0.306. The zero-order chi connectivity index (χ0) is 29.6. The monoisotopic (exact) mass is 563 g/mol. The van der Waals surface area contributed by atoms with E-state index in [1.165, 1.54) is 24.3 Å². The van der Waals surface area contributed by atoms with Crippen LogP contribution in [0.15, 0.2) is 60.7 Å². The number of rotatable bonds is 6. The van der Waals surface area contributed by atoms with Gasteiger partial charge in [-0.05, 0) is 68.3 Å². The van der Waals surface area contributed by atoms with Gasteiger partial charge < -0.3 is 20.5 Å². The number of nitrogens with two attached hydrogens (primary N) is 1. The van der Waals surface area contributed by atoms with Gasteiger partial charge in [0.15, 0.2) is 5.69 Å². The van der Waals surface area contributed by atoms with E-state index >= 15 is 0 Å². The molecule has 3 N–H and O–H groups in total. The molecule has 0 saturated carbocycles. The predicted octanol–water partition coefficient (Wildman–Crippen LogP) is 5.85. The van der Waals surface area contributed by atoms with Crippen molar-refractivity contribution in [1.82, 2.24) is 9.55 Å². The van der Waals surface area contributed by atoms with Crippen molar-refractivity contribution in [1.29, 1.82) is 0 Å². The normalized spacial score (nSPS) is 17.3. The second-order valence-electron chi connectivity index (χ2n) is 10.2. The predicted molar refractivity (Wildman–Crippen MR) is 149 cm³/mol. The molecule has 1 aliphatic rings. The highest BCUT2D eigenvalue weighted by Crippen LogP contribution is 2.37. The molecule has 1 saturated heterocycles. The molecule has 3 heterocycles. The lowest BCUT2D eigenvalue weighted by Gasteiger charge is -2.22. The van der Waals surface area contributed by atoms with Crippen molar-refractivity contribution in [3.63, 3.8) is 0 Å². The SMILES string of the molecule is CCn1c(-c2ccc(N3C(=O)C(C)CC3C)cc2)cc2cc(C(F)(F)F)nc(C(=O)Nc3cccc(C(N)=O)c3)c21. The van der Waals surface area contributed by atoms with E-state index in [-0.39, 0.29) is 40.0 Å². The first-order valence-electron chi connectivity index (χ1n) is 13.1. The van der Waals surface area contributed by atoms with Gasteiger partial charge in [0.2, 0.25) is 11.8 Å². The minimum Gasteiger partial charge on any atom is -0.366 e. The molecule has 2 aromatic carbocycles. The molecule has 5 rings (SSSR count). The number of carbonyl (C=O) groups excluding carboxylic acids is 3. The van der Waals surface area contributed by atoms with Crippen molar-refractivity contribution < 1.29 is 27.6 Å². The highest BCUT2D eigenvalue weighted by Gasteiger charge is 2.36. The summed E-state index contributed by atoms with van der Waals surface area (Å²) in [5, 5.41) is 2.74. The van der Waals surface area contributed by atoms with Crippen molar-refractivity contribution in [2.24, 2.45) is 11.7 Å². The summed E-state index contributed by atoms with van der Waals surface area (Å²) in [5.74, 6) is -1.59. The third kappa shape index (κ3) is 5.15. The molecule has 2 unspecified atom stereocenters. The number of nitrogens with one attached hydrogen (secondary N) is 1. The molecule has 2 aromatic heterocycles. The minimum atomic E-state index is -4.79. The summed E-state index contributed by atoms with van der Waals surface area (Å²) < 4.78 is 43.2. The van der Waals surface area contributed by atoms with Crippen molar-refractivity contribution in [2.75, 3.05) is 10.2 Å². The number of hydrogen-bond donors (Lipinski definition) is 2. The average molecular weight is 564 g/mol. The van der Waals surface area contributed by atoms with E-state index in [1.807, 2.05) is 45.0 Å². The molecule has 0 bridgehead atoms. The van der Waals surface area contributed by atoms with Crippen LogP contribution in [0, 0.1) is 5.92 Å². The number of anilines is 2. The number of alkyl halides is 3. The van der Waals surface area contributed by atoms with Gasteiger partial charge in [-0.1, -0.05) is 25.1 Å². The van der Waals surface area contributed by atoms with Crippen molar-refractivity contribution in [3.8, 4) is 11.3 Å². The summed E-state index contributed by atoms with van der Waals surface area (Å²) in [6.07, 6.45) is -4.03. The van der Waals surface area contributed by atoms with Crippen LogP contribution in [0.5, 0.6) is 0 Å². The zero-order valence-corrected chi connectivity index (χ0v) is 22.6. The number of fused-ring (bicyclic) bond motifs is 1. The molecule has 1 fully saturated rings. The molecule has 212 valence electrons. The van der Waals surface area contributed by atoms with E-state index in [0.29, 0.717) is 17.8 Å². The molecule has 0 radical (unpaired) electrons. The molecule has 0 spiro atoms. The van der Waals surface area contributed by atoms with E-state index in [2.05, 4.69) is 10.3 Å². The number of aryl methyl sites for hydroxylation is 1. The Balaban J connectivity index is 1.60. The van der Waals surface area contributed by atoms with E-state index in [4.69, 9.17) is 5.73 Å². The van der Waals surface area contributed by atoms with Gasteiger partial charge in [0, 0.05) is 46.5 Å². The number of aromatic nitrogens is 2. The highest BCUT2D eigenvalue weighted by molar-refractivity contribution is 6.12. The highest BCUT2D eigenvalue weighted by atomic mass is 19.4. The van der Waals surface area contributed by atoms with Gasteiger partial charge in [-0.15, -0.1) is 0 Å². The molecule has 8 nitrogen and oxygen atoms in total. The molecule has 4 aromatic rings. The molecular formula is C30H28F3N5O3. The van der Waals surface area contributed by atoms with Crippen LogP contribution in [-0.4, -0.2) is 33.3 Å². The fraction of sp³-hybridized carbons (Fsp3) is 0.267. The van der Waals surface area contributed by atoms with Crippen LogP contribution in [-0.2, 0) is 17.5 Å². The number of hydrogen-bond acceptors (Lipinski definition) is 4. The molecule has 1 aliphatic heterocycles. The standard InChI is InChI=1S/C30H28F3N5O3/c1-4-37-23(18-8-10-22(11-9-18)38-17(3)12-16(2)29(38)41)14-20-15-24(30(31,32)33)36-25(26(20)37)28(40)35-21-7-5-6-19(13-21)27(34)39/h5-11,13-17H,4,12H2,1-3H3,(H2,34,39)(H,35,40). The number of primary amides is 1. The summed E-state index contributed by atoms with van der Waals surface area (Å²) in [6, 6.07) is 15.6. The number of halogens is 3. The average Bonchev–Trinajstić information content (AvgIpc) is 3.43. The lowest BCUT2D eigenvalue weighted by molar-refractivity contribution is -0.141. The van der Waals surface area contributed by atoms with Gasteiger partial charge in [0.1, 0.15) is 5.69 Å². The first kappa shape index (κ1) is 27.9. The fourth-order valence-electron chi connectivity index (χ4n) is 5.46. The van der Waals surface area contributed by atoms with E-state index in [0.717, 1.165) is 18.2 Å². The minimum absolute atomic E-state index is 0.0516. The van der Waals surface area contributed by atoms with Crippen molar-refractivity contribution >= 4 is 40.0 Å². The van der Waals surface area contributed by atoms with Gasteiger partial charge in [-0.25, -0.2) is 4.98 Å². The summed E-state index contributed by atoms with van der Waals surface area (Å²) in [4.78, 5) is 43.1. The smallest absolute Gasteiger partial charge is 0.366 e. The van der Waals surface area contributed by atoms with Gasteiger partial charge >= 0.3 is 6.18 Å². The fourth-order valence-corrected chi connectivity index (χ4v) is 5.46. The van der Waals surface area contributed by atoms with Crippen LogP contribution in [0.4, 0.5) is 24.5 Å². The van der Waals surface area contributed by atoms with Crippen LogP contribution in [0.25, 0.3) is 22.2 Å². The Morgan fingerprint density at radius 2 is 1.78 bits per heavy atom. The van der Waals surface area contributed by atoms with Crippen molar-refractivity contribution in [2.45, 2.75) is 46.0 Å². The largest absolute Gasteiger partial charge is 0.433 e. The second kappa shape index (κ2) is 10.4. The summed E-state index contributed by atoms with van der Waals surface area (Å²) in [7, 11) is 0. The van der Waals surface area contributed by atoms with Crippen LogP contribution < -0.4 is 16.0 Å². The number of benzene rings is 2. The van der Waals surface area contributed by atoms with Gasteiger partial charge in [0.05, 0.1) is 5.52 Å². The first-order chi connectivity index (χ1) is 19.4. The summed E-state index contributed by atoms with van der Waals surface area (Å²) in [6.45, 7) is 6.05. The number of pyridine rings is 1. The van der Waals surface area contributed by atoms with Crippen LogP contribution >= 0.6 is 0 Å². The molecular weight excluding hydrogens is 535 g/mol. The van der Waals surface area contributed by atoms with E-state index < -0.39 is 29.4 Å². The third-order valence-corrected chi connectivity index (χ3v) is 7.34. The van der Waals surface area contributed by atoms with E-state index in [1.54, 1.807) is 15.5 Å². The maximum atomic E-state index is 13.8. The zero-order valence-electron chi connectivity index (χ0n) is 22.6. The topological polar surface area (TPSA) is 110 Å². The first-order valence-corrected chi connectivity index (χ1v) is 13.1. The Labute approximate surface area is 234 Å². The Morgan fingerprint density at radius 3 is 2.37 bits per heavy atom. The lowest BCUT2D eigenvalue weighted by atomic mass is 10.1.